The third kappa shape index (κ3) is 5.90. The van der Waals surface area contributed by atoms with Crippen molar-refractivity contribution in [1.82, 2.24) is 10.3 Å². The van der Waals surface area contributed by atoms with Crippen molar-refractivity contribution in [2.45, 2.75) is 39.5 Å². The van der Waals surface area contributed by atoms with Gasteiger partial charge in [-0.25, -0.2) is 9.78 Å². The Kier molecular flexibility index (Phi) is 7.19. The van der Waals surface area contributed by atoms with Crippen LogP contribution in [0.1, 0.15) is 46.5 Å². The summed E-state index contributed by atoms with van der Waals surface area (Å²) in [5.41, 5.74) is 2.20. The number of amides is 1. The monoisotopic (exact) mass is 424 g/mol. The number of carbonyl (C=O) groups is 2. The van der Waals surface area contributed by atoms with E-state index in [-0.39, 0.29) is 11.9 Å². The molecule has 2 atom stereocenters. The van der Waals surface area contributed by atoms with E-state index >= 15 is 0 Å². The van der Waals surface area contributed by atoms with Gasteiger partial charge in [0.05, 0.1) is 22.3 Å². The summed E-state index contributed by atoms with van der Waals surface area (Å²) in [5.74, 6) is -0.287. The number of aryl methyl sites for hydroxylation is 1. The summed E-state index contributed by atoms with van der Waals surface area (Å²) in [4.78, 5) is 29.1. The number of ether oxygens (including phenoxy) is 2. The molecule has 2 unspecified atom stereocenters. The lowest BCUT2D eigenvalue weighted by Crippen LogP contribution is -2.37. The highest BCUT2D eigenvalue weighted by molar-refractivity contribution is 7.09. The van der Waals surface area contributed by atoms with Crippen molar-refractivity contribution in [2.75, 3.05) is 0 Å². The van der Waals surface area contributed by atoms with Crippen LogP contribution in [-0.4, -0.2) is 23.0 Å². The van der Waals surface area contributed by atoms with Crippen LogP contribution in [0, 0.1) is 6.92 Å². The Hall–Kier alpha value is -3.19. The standard InChI is InChI=1S/C23H24N2O4S/c1-15(18-7-5-4-6-8-18)24-22(26)16(2)29-23(27)19-9-11-21(12-10-19)28-13-20-14-30-17(3)25-20/h4-12,14-16H,13H2,1-3H3,(H,24,26). The quantitative estimate of drug-likeness (QED) is 0.541. The molecule has 6 nitrogen and oxygen atoms in total. The van der Waals surface area contributed by atoms with Crippen LogP contribution in [-0.2, 0) is 16.1 Å². The van der Waals surface area contributed by atoms with Gasteiger partial charge in [-0.2, -0.15) is 0 Å². The lowest BCUT2D eigenvalue weighted by molar-refractivity contribution is -0.129. The predicted molar refractivity (Wildman–Crippen MR) is 116 cm³/mol. The van der Waals surface area contributed by atoms with Gasteiger partial charge < -0.3 is 14.8 Å². The molecule has 156 valence electrons. The van der Waals surface area contributed by atoms with Gasteiger partial charge in [0.15, 0.2) is 6.10 Å². The number of hydrogen-bond acceptors (Lipinski definition) is 6. The summed E-state index contributed by atoms with van der Waals surface area (Å²) in [5, 5.41) is 5.79. The average Bonchev–Trinajstić information content (AvgIpc) is 3.18. The van der Waals surface area contributed by atoms with Crippen molar-refractivity contribution in [3.8, 4) is 5.75 Å². The van der Waals surface area contributed by atoms with E-state index in [9.17, 15) is 9.59 Å². The zero-order chi connectivity index (χ0) is 21.5. The van der Waals surface area contributed by atoms with Crippen LogP contribution in [0.3, 0.4) is 0 Å². The number of hydrogen-bond donors (Lipinski definition) is 1. The Morgan fingerprint density at radius 2 is 1.77 bits per heavy atom. The van der Waals surface area contributed by atoms with Crippen molar-refractivity contribution < 1.29 is 19.1 Å². The highest BCUT2D eigenvalue weighted by atomic mass is 32.1. The lowest BCUT2D eigenvalue weighted by atomic mass is 10.1. The summed E-state index contributed by atoms with van der Waals surface area (Å²) in [6, 6.07) is 16.0. The van der Waals surface area contributed by atoms with Crippen molar-refractivity contribution >= 4 is 23.2 Å². The topological polar surface area (TPSA) is 77.5 Å². The molecule has 0 bridgehead atoms. The molecule has 3 aromatic rings. The minimum absolute atomic E-state index is 0.183. The molecule has 3 rings (SSSR count). The van der Waals surface area contributed by atoms with E-state index in [2.05, 4.69) is 10.3 Å². The zero-order valence-corrected chi connectivity index (χ0v) is 17.9. The number of thiazole rings is 1. The van der Waals surface area contributed by atoms with Gasteiger partial charge in [0.1, 0.15) is 12.4 Å². The van der Waals surface area contributed by atoms with E-state index in [1.54, 1.807) is 42.5 Å². The molecule has 0 saturated heterocycles. The molecule has 1 heterocycles. The van der Waals surface area contributed by atoms with Gasteiger partial charge in [-0.3, -0.25) is 4.79 Å². The van der Waals surface area contributed by atoms with E-state index in [0.717, 1.165) is 16.3 Å². The first-order valence-corrected chi connectivity index (χ1v) is 10.5. The first kappa shape index (κ1) is 21.5. The molecule has 1 aromatic heterocycles. The number of nitrogens with zero attached hydrogens (tertiary/aromatic N) is 1. The van der Waals surface area contributed by atoms with Crippen LogP contribution in [0.4, 0.5) is 0 Å². The fraction of sp³-hybridized carbons (Fsp3) is 0.261. The Morgan fingerprint density at radius 3 is 2.40 bits per heavy atom. The molecule has 0 fully saturated rings. The smallest absolute Gasteiger partial charge is 0.338 e. The summed E-state index contributed by atoms with van der Waals surface area (Å²) in [6.45, 7) is 5.74. The van der Waals surface area contributed by atoms with E-state index in [4.69, 9.17) is 9.47 Å². The van der Waals surface area contributed by atoms with Gasteiger partial charge in [0, 0.05) is 5.38 Å². The average molecular weight is 425 g/mol. The molecular formula is C23H24N2O4S. The van der Waals surface area contributed by atoms with Crippen LogP contribution in [0.15, 0.2) is 60.0 Å². The molecule has 30 heavy (non-hydrogen) atoms. The van der Waals surface area contributed by atoms with Gasteiger partial charge in [0.25, 0.3) is 5.91 Å². The van der Waals surface area contributed by atoms with Crippen LogP contribution < -0.4 is 10.1 Å². The third-order valence-corrected chi connectivity index (χ3v) is 5.28. The number of nitrogens with one attached hydrogen (secondary N) is 1. The number of carbonyl (C=O) groups excluding carboxylic acids is 2. The number of aromatic nitrogens is 1. The summed E-state index contributed by atoms with van der Waals surface area (Å²) in [6.07, 6.45) is -0.910. The second-order valence-corrected chi connectivity index (χ2v) is 7.92. The first-order valence-electron chi connectivity index (χ1n) is 9.62. The molecule has 0 spiro atoms. The van der Waals surface area contributed by atoms with E-state index in [0.29, 0.717) is 17.9 Å². The minimum Gasteiger partial charge on any atom is -0.487 e. The van der Waals surface area contributed by atoms with Crippen LogP contribution >= 0.6 is 11.3 Å². The van der Waals surface area contributed by atoms with Gasteiger partial charge >= 0.3 is 5.97 Å². The first-order chi connectivity index (χ1) is 14.4. The third-order valence-electron chi connectivity index (χ3n) is 4.45. The highest BCUT2D eigenvalue weighted by Crippen LogP contribution is 2.17. The molecule has 0 radical (unpaired) electrons. The van der Waals surface area contributed by atoms with Gasteiger partial charge in [-0.15, -0.1) is 11.3 Å². The molecule has 1 N–H and O–H groups in total. The number of rotatable bonds is 8. The zero-order valence-electron chi connectivity index (χ0n) is 17.1. The van der Waals surface area contributed by atoms with Gasteiger partial charge in [-0.05, 0) is 50.6 Å². The van der Waals surface area contributed by atoms with Crippen molar-refractivity contribution in [2.24, 2.45) is 0 Å². The van der Waals surface area contributed by atoms with Crippen molar-refractivity contribution in [1.29, 1.82) is 0 Å². The Bertz CT molecular complexity index is 986. The molecule has 0 aliphatic carbocycles. The van der Waals surface area contributed by atoms with Crippen molar-refractivity contribution in [3.63, 3.8) is 0 Å². The molecule has 0 saturated carbocycles. The maximum Gasteiger partial charge on any atom is 0.338 e. The van der Waals surface area contributed by atoms with Gasteiger partial charge in [0.2, 0.25) is 0 Å². The molecule has 7 heteroatoms. The molecule has 2 aromatic carbocycles. The predicted octanol–water partition coefficient (Wildman–Crippen LogP) is 4.45. The van der Waals surface area contributed by atoms with Crippen LogP contribution in [0.25, 0.3) is 0 Å². The Morgan fingerprint density at radius 1 is 1.07 bits per heavy atom. The number of esters is 1. The van der Waals surface area contributed by atoms with Crippen LogP contribution in [0.2, 0.25) is 0 Å². The van der Waals surface area contributed by atoms with Crippen molar-refractivity contribution in [3.05, 3.63) is 81.8 Å². The highest BCUT2D eigenvalue weighted by Gasteiger charge is 2.21. The fourth-order valence-electron chi connectivity index (χ4n) is 2.76. The lowest BCUT2D eigenvalue weighted by Gasteiger charge is -2.18. The summed E-state index contributed by atoms with van der Waals surface area (Å²) in [7, 11) is 0. The fourth-order valence-corrected chi connectivity index (χ4v) is 3.35. The van der Waals surface area contributed by atoms with E-state index in [1.807, 2.05) is 49.6 Å². The minimum atomic E-state index is -0.910. The summed E-state index contributed by atoms with van der Waals surface area (Å²) < 4.78 is 11.0. The van der Waals surface area contributed by atoms with E-state index < -0.39 is 12.1 Å². The van der Waals surface area contributed by atoms with Crippen LogP contribution in [0.5, 0.6) is 5.75 Å². The normalized spacial score (nSPS) is 12.6. The molecule has 1 amide bonds. The van der Waals surface area contributed by atoms with Gasteiger partial charge in [-0.1, -0.05) is 30.3 Å². The maximum atomic E-state index is 12.4. The summed E-state index contributed by atoms with van der Waals surface area (Å²) >= 11 is 1.57. The second kappa shape index (κ2) is 10.0. The molecule has 0 aliphatic rings. The maximum absolute atomic E-state index is 12.4. The molecular weight excluding hydrogens is 400 g/mol. The number of benzene rings is 2. The Labute approximate surface area is 179 Å². The second-order valence-electron chi connectivity index (χ2n) is 6.86. The Balaban J connectivity index is 1.50. The largest absolute Gasteiger partial charge is 0.487 e. The SMILES string of the molecule is Cc1nc(COc2ccc(C(=O)OC(C)C(=O)NC(C)c3ccccc3)cc2)cs1. The molecule has 0 aliphatic heterocycles. The van der Waals surface area contributed by atoms with E-state index in [1.165, 1.54) is 0 Å².